The first-order valence-corrected chi connectivity index (χ1v) is 14.0. The third-order valence-electron chi connectivity index (χ3n) is 8.00. The molecule has 222 valence electrons. The fraction of sp³-hybridized carbons (Fsp3) is 0.519. The summed E-state index contributed by atoms with van der Waals surface area (Å²) in [6.07, 6.45) is -8.71. The Morgan fingerprint density at radius 1 is 0.976 bits per heavy atom. The topological polar surface area (TPSA) is 71.2 Å². The number of aromatic carboxylic acids is 1. The first kappa shape index (κ1) is 29.3. The van der Waals surface area contributed by atoms with E-state index in [1.54, 1.807) is 17.9 Å². The molecule has 1 aliphatic carbocycles. The molecule has 1 saturated carbocycles. The second-order valence-corrected chi connectivity index (χ2v) is 11.6. The predicted octanol–water partition coefficient (Wildman–Crippen LogP) is 7.76. The molecule has 2 fully saturated rings. The Balaban J connectivity index is 1.55. The second kappa shape index (κ2) is 10.9. The monoisotopic (exact) mass is 604 g/mol. The molecule has 1 aliphatic heterocycles. The molecule has 3 aromatic rings. The molecule has 3 heterocycles. The zero-order chi connectivity index (χ0) is 29.7. The number of carboxylic acid groups (broad SMARTS) is 1. The summed E-state index contributed by atoms with van der Waals surface area (Å²) < 4.78 is 95.0. The molecule has 0 radical (unpaired) electrons. The number of hydrogen-bond donors (Lipinski definition) is 1. The van der Waals surface area contributed by atoms with Gasteiger partial charge in [0.2, 0.25) is 5.13 Å². The van der Waals surface area contributed by atoms with Gasteiger partial charge in [-0.25, -0.2) is 14.2 Å². The van der Waals surface area contributed by atoms with Crippen LogP contribution in [-0.4, -0.2) is 51.3 Å². The summed E-state index contributed by atoms with van der Waals surface area (Å²) in [5.74, 6) is -5.16. The van der Waals surface area contributed by atoms with E-state index in [4.69, 9.17) is 0 Å². The average molecular weight is 605 g/mol. The number of hydrogen-bond acceptors (Lipinski definition) is 5. The molecule has 1 N–H and O–H groups in total. The zero-order valence-electron chi connectivity index (χ0n) is 21.9. The van der Waals surface area contributed by atoms with Crippen LogP contribution >= 0.6 is 11.3 Å². The van der Waals surface area contributed by atoms with Crippen molar-refractivity contribution in [2.24, 2.45) is 11.8 Å². The Kier molecular flexibility index (Phi) is 7.81. The standard InChI is InChI=1S/C27H27F7N4O2S/c1-14-20(16-3-2-4-19(28)13-16)22(24(39)40)38(36-14)25-35-21(15-5-7-17(8-6-15)26(29,30)31)23(41-25)37-11-9-18(10-12-37)27(32,33)34/h2-4,13,15,17-18H,5-12H2,1H3,(H,39,40). The van der Waals surface area contributed by atoms with Crippen molar-refractivity contribution < 1.29 is 40.6 Å². The van der Waals surface area contributed by atoms with Crippen molar-refractivity contribution in [3.8, 4) is 16.3 Å². The number of nitrogens with zero attached hydrogens (tertiary/aromatic N) is 4. The lowest BCUT2D eigenvalue weighted by molar-refractivity contribution is -0.182. The minimum absolute atomic E-state index is 0.0785. The molecule has 1 saturated heterocycles. The molecule has 0 spiro atoms. The summed E-state index contributed by atoms with van der Waals surface area (Å²) in [4.78, 5) is 18.9. The van der Waals surface area contributed by atoms with Gasteiger partial charge in [0.15, 0.2) is 5.69 Å². The van der Waals surface area contributed by atoms with Crippen LogP contribution in [-0.2, 0) is 0 Å². The molecule has 1 aromatic carbocycles. The van der Waals surface area contributed by atoms with E-state index < -0.39 is 36.0 Å². The van der Waals surface area contributed by atoms with Gasteiger partial charge < -0.3 is 10.0 Å². The summed E-state index contributed by atoms with van der Waals surface area (Å²) in [5.41, 5.74) is 0.960. The minimum atomic E-state index is -4.32. The number of carboxylic acids is 1. The maximum absolute atomic E-state index is 14.0. The van der Waals surface area contributed by atoms with Gasteiger partial charge in [-0.1, -0.05) is 23.5 Å². The normalized spacial score (nSPS) is 20.9. The van der Waals surface area contributed by atoms with Gasteiger partial charge in [-0.2, -0.15) is 36.1 Å². The van der Waals surface area contributed by atoms with Crippen molar-refractivity contribution in [3.63, 3.8) is 0 Å². The lowest BCUT2D eigenvalue weighted by Crippen LogP contribution is -2.39. The average Bonchev–Trinajstić information content (AvgIpc) is 3.49. The SMILES string of the molecule is Cc1nn(-c2nc(C3CCC(C(F)(F)F)CC3)c(N3CCC(C(F)(F)F)CC3)s2)c(C(=O)O)c1-c1cccc(F)c1. The molecule has 0 atom stereocenters. The molecule has 0 bridgehead atoms. The van der Waals surface area contributed by atoms with Crippen molar-refractivity contribution in [2.45, 2.75) is 63.7 Å². The van der Waals surface area contributed by atoms with E-state index in [1.165, 1.54) is 18.2 Å². The van der Waals surface area contributed by atoms with Crippen LogP contribution in [0.5, 0.6) is 0 Å². The van der Waals surface area contributed by atoms with E-state index in [-0.39, 0.29) is 73.9 Å². The molecular weight excluding hydrogens is 577 g/mol. The third kappa shape index (κ3) is 5.93. The van der Waals surface area contributed by atoms with Crippen molar-refractivity contribution in [3.05, 3.63) is 47.2 Å². The first-order chi connectivity index (χ1) is 19.2. The summed E-state index contributed by atoms with van der Waals surface area (Å²) in [6, 6.07) is 5.39. The number of benzene rings is 1. The summed E-state index contributed by atoms with van der Waals surface area (Å²) >= 11 is 1.05. The van der Waals surface area contributed by atoms with Gasteiger partial charge in [-0.15, -0.1) is 0 Å². The Morgan fingerprint density at radius 2 is 1.59 bits per heavy atom. The Labute approximate surface area is 234 Å². The Bertz CT molecular complexity index is 1360. The van der Waals surface area contributed by atoms with Crippen molar-refractivity contribution >= 4 is 22.3 Å². The van der Waals surface area contributed by atoms with E-state index >= 15 is 0 Å². The molecule has 14 heteroatoms. The molecule has 2 aromatic heterocycles. The highest BCUT2D eigenvalue weighted by molar-refractivity contribution is 7.18. The van der Waals surface area contributed by atoms with Crippen molar-refractivity contribution in [1.82, 2.24) is 14.8 Å². The number of thiazole rings is 1. The van der Waals surface area contributed by atoms with Gasteiger partial charge in [0.1, 0.15) is 10.8 Å². The maximum atomic E-state index is 14.0. The quantitative estimate of drug-likeness (QED) is 0.302. The van der Waals surface area contributed by atoms with Gasteiger partial charge in [0, 0.05) is 24.6 Å². The van der Waals surface area contributed by atoms with Crippen LogP contribution in [0.3, 0.4) is 0 Å². The molecule has 6 nitrogen and oxygen atoms in total. The minimum Gasteiger partial charge on any atom is -0.476 e. The molecule has 5 rings (SSSR count). The van der Waals surface area contributed by atoms with Crippen LogP contribution in [0.25, 0.3) is 16.3 Å². The van der Waals surface area contributed by atoms with E-state index in [0.29, 0.717) is 22.0 Å². The van der Waals surface area contributed by atoms with E-state index in [1.807, 2.05) is 0 Å². The predicted molar refractivity (Wildman–Crippen MR) is 138 cm³/mol. The fourth-order valence-corrected chi connectivity index (χ4v) is 7.02. The largest absolute Gasteiger partial charge is 0.476 e. The van der Waals surface area contributed by atoms with Crippen LogP contribution in [0.4, 0.5) is 35.7 Å². The number of alkyl halides is 6. The highest BCUT2D eigenvalue weighted by Crippen LogP contribution is 2.48. The summed E-state index contributed by atoms with van der Waals surface area (Å²) in [5, 5.41) is 15.2. The number of rotatable bonds is 5. The molecule has 0 unspecified atom stereocenters. The zero-order valence-corrected chi connectivity index (χ0v) is 22.7. The van der Waals surface area contributed by atoms with E-state index in [9.17, 15) is 40.6 Å². The van der Waals surface area contributed by atoms with Gasteiger partial charge in [0.05, 0.1) is 23.2 Å². The van der Waals surface area contributed by atoms with Gasteiger partial charge in [-0.05, 0) is 63.1 Å². The Hall–Kier alpha value is -3.16. The van der Waals surface area contributed by atoms with Gasteiger partial charge in [0.25, 0.3) is 0 Å². The van der Waals surface area contributed by atoms with Gasteiger partial charge in [-0.3, -0.25) is 0 Å². The Morgan fingerprint density at radius 3 is 2.15 bits per heavy atom. The van der Waals surface area contributed by atoms with Crippen LogP contribution in [0.15, 0.2) is 24.3 Å². The van der Waals surface area contributed by atoms with E-state index in [0.717, 1.165) is 16.0 Å². The number of aryl methyl sites for hydroxylation is 1. The molecule has 41 heavy (non-hydrogen) atoms. The lowest BCUT2D eigenvalue weighted by atomic mass is 9.80. The maximum Gasteiger partial charge on any atom is 0.391 e. The molecule has 0 amide bonds. The van der Waals surface area contributed by atoms with Crippen LogP contribution in [0.1, 0.15) is 66.3 Å². The highest BCUT2D eigenvalue weighted by atomic mass is 32.1. The summed E-state index contributed by atoms with van der Waals surface area (Å²) in [6.45, 7) is 1.73. The first-order valence-electron chi connectivity index (χ1n) is 13.2. The number of carbonyl (C=O) groups is 1. The number of piperidine rings is 1. The number of anilines is 1. The van der Waals surface area contributed by atoms with Gasteiger partial charge >= 0.3 is 18.3 Å². The van der Waals surface area contributed by atoms with Crippen LogP contribution < -0.4 is 4.90 Å². The lowest BCUT2D eigenvalue weighted by Gasteiger charge is -2.35. The molecular formula is C27H27F7N4O2S. The van der Waals surface area contributed by atoms with Crippen molar-refractivity contribution in [2.75, 3.05) is 18.0 Å². The van der Waals surface area contributed by atoms with Crippen molar-refractivity contribution in [1.29, 1.82) is 0 Å². The fourth-order valence-electron chi connectivity index (χ4n) is 5.85. The molecule has 2 aliphatic rings. The smallest absolute Gasteiger partial charge is 0.391 e. The number of halogens is 7. The summed E-state index contributed by atoms with van der Waals surface area (Å²) in [7, 11) is 0. The third-order valence-corrected chi connectivity index (χ3v) is 9.11. The van der Waals surface area contributed by atoms with E-state index in [2.05, 4.69) is 10.1 Å². The number of aromatic nitrogens is 3. The highest BCUT2D eigenvalue weighted by Gasteiger charge is 2.44. The second-order valence-electron chi connectivity index (χ2n) is 10.6. The van der Waals surface area contributed by atoms with Crippen LogP contribution in [0.2, 0.25) is 0 Å². The van der Waals surface area contributed by atoms with Crippen LogP contribution in [0, 0.1) is 24.6 Å².